The molecule has 0 aliphatic heterocycles. The summed E-state index contributed by atoms with van der Waals surface area (Å²) in [6.07, 6.45) is 0. The van der Waals surface area contributed by atoms with Crippen molar-refractivity contribution < 1.29 is 12.8 Å². The van der Waals surface area contributed by atoms with Crippen molar-refractivity contribution in [3.8, 4) is 11.5 Å². The minimum absolute atomic E-state index is 0.0966. The number of benzene rings is 3. The second kappa shape index (κ2) is 8.63. The van der Waals surface area contributed by atoms with Crippen LogP contribution >= 0.6 is 11.6 Å². The molecule has 1 atom stereocenters. The highest BCUT2D eigenvalue weighted by Gasteiger charge is 2.29. The molecule has 0 radical (unpaired) electrons. The molecule has 6 nitrogen and oxygen atoms in total. The van der Waals surface area contributed by atoms with Gasteiger partial charge in [0.2, 0.25) is 21.8 Å². The second-order valence-corrected chi connectivity index (χ2v) is 9.25. The van der Waals surface area contributed by atoms with Gasteiger partial charge >= 0.3 is 0 Å². The highest BCUT2D eigenvalue weighted by molar-refractivity contribution is 7.89. The van der Waals surface area contributed by atoms with E-state index >= 15 is 0 Å². The summed E-state index contributed by atoms with van der Waals surface area (Å²) >= 11 is 6.39. The fourth-order valence-electron chi connectivity index (χ4n) is 3.11. The van der Waals surface area contributed by atoms with E-state index in [1.807, 2.05) is 44.2 Å². The van der Waals surface area contributed by atoms with E-state index in [4.69, 9.17) is 16.0 Å². The molecule has 0 fully saturated rings. The minimum Gasteiger partial charge on any atom is -0.419 e. The summed E-state index contributed by atoms with van der Waals surface area (Å²) in [7, 11) is -3.90. The van der Waals surface area contributed by atoms with Crippen molar-refractivity contribution >= 4 is 21.6 Å². The van der Waals surface area contributed by atoms with Gasteiger partial charge in [-0.1, -0.05) is 54.1 Å². The zero-order valence-corrected chi connectivity index (χ0v) is 18.5. The van der Waals surface area contributed by atoms with Crippen LogP contribution in [0.2, 0.25) is 5.02 Å². The van der Waals surface area contributed by atoms with Gasteiger partial charge in [-0.05, 0) is 60.9 Å². The molecule has 0 bridgehead atoms. The zero-order chi connectivity index (χ0) is 22.0. The summed E-state index contributed by atoms with van der Waals surface area (Å²) in [5.74, 6) is 0.386. The molecule has 1 heterocycles. The molecule has 3 aromatic carbocycles. The summed E-state index contributed by atoms with van der Waals surface area (Å²) in [5.41, 5.74) is 3.13. The number of aryl methyl sites for hydroxylation is 2. The van der Waals surface area contributed by atoms with Crippen LogP contribution in [0.1, 0.15) is 28.6 Å². The van der Waals surface area contributed by atoms with Gasteiger partial charge in [-0.2, -0.15) is 4.72 Å². The Labute approximate surface area is 186 Å². The summed E-state index contributed by atoms with van der Waals surface area (Å²) in [6.45, 7) is 3.79. The van der Waals surface area contributed by atoms with Crippen LogP contribution in [-0.4, -0.2) is 18.6 Å². The van der Waals surface area contributed by atoms with Gasteiger partial charge in [0.25, 0.3) is 0 Å². The molecule has 0 saturated heterocycles. The van der Waals surface area contributed by atoms with Crippen molar-refractivity contribution in [2.24, 2.45) is 0 Å². The maximum Gasteiger partial charge on any atom is 0.247 e. The van der Waals surface area contributed by atoms with Crippen molar-refractivity contribution in [3.05, 3.63) is 100 Å². The highest BCUT2D eigenvalue weighted by Crippen LogP contribution is 2.31. The van der Waals surface area contributed by atoms with Crippen LogP contribution < -0.4 is 4.72 Å². The van der Waals surface area contributed by atoms with Crippen molar-refractivity contribution in [1.29, 1.82) is 0 Å². The molecule has 8 heteroatoms. The van der Waals surface area contributed by atoms with Gasteiger partial charge in [-0.3, -0.25) is 0 Å². The van der Waals surface area contributed by atoms with E-state index in [2.05, 4.69) is 14.9 Å². The average molecular weight is 454 g/mol. The first-order valence-corrected chi connectivity index (χ1v) is 11.4. The molecule has 0 saturated carbocycles. The van der Waals surface area contributed by atoms with Crippen LogP contribution in [-0.2, 0) is 10.0 Å². The number of nitrogens with zero attached hydrogens (tertiary/aromatic N) is 2. The van der Waals surface area contributed by atoms with Gasteiger partial charge in [0.1, 0.15) is 6.04 Å². The molecular formula is C23H20ClN3O3S. The molecule has 4 aromatic rings. The fraction of sp³-hybridized carbons (Fsp3) is 0.130. The minimum atomic E-state index is -3.90. The van der Waals surface area contributed by atoms with Crippen LogP contribution in [0.4, 0.5) is 0 Å². The van der Waals surface area contributed by atoms with E-state index in [0.717, 1.165) is 16.7 Å². The zero-order valence-electron chi connectivity index (χ0n) is 16.9. The lowest BCUT2D eigenvalue weighted by Crippen LogP contribution is -2.30. The lowest BCUT2D eigenvalue weighted by Gasteiger charge is -2.17. The highest BCUT2D eigenvalue weighted by atomic mass is 35.5. The summed E-state index contributed by atoms with van der Waals surface area (Å²) in [5, 5.41) is 8.60. The lowest BCUT2D eigenvalue weighted by atomic mass is 10.1. The van der Waals surface area contributed by atoms with Gasteiger partial charge in [-0.25, -0.2) is 8.42 Å². The Morgan fingerprint density at radius 3 is 2.32 bits per heavy atom. The van der Waals surface area contributed by atoms with Gasteiger partial charge in [0.15, 0.2) is 0 Å². The molecule has 4 rings (SSSR count). The van der Waals surface area contributed by atoms with Crippen LogP contribution in [0.25, 0.3) is 11.5 Å². The Bertz CT molecular complexity index is 1320. The maximum absolute atomic E-state index is 13.2. The first kappa shape index (κ1) is 21.2. The molecule has 1 unspecified atom stereocenters. The van der Waals surface area contributed by atoms with E-state index in [1.165, 1.54) is 0 Å². The molecule has 0 amide bonds. The van der Waals surface area contributed by atoms with Crippen molar-refractivity contribution in [3.63, 3.8) is 0 Å². The van der Waals surface area contributed by atoms with Crippen LogP contribution in [0.15, 0.2) is 82.1 Å². The largest absolute Gasteiger partial charge is 0.419 e. The fourth-order valence-corrected chi connectivity index (χ4v) is 4.61. The van der Waals surface area contributed by atoms with Crippen LogP contribution in [0, 0.1) is 13.8 Å². The molecule has 1 N–H and O–H groups in total. The number of aromatic nitrogens is 2. The number of hydrogen-bond acceptors (Lipinski definition) is 5. The smallest absolute Gasteiger partial charge is 0.247 e. The Balaban J connectivity index is 1.76. The maximum atomic E-state index is 13.2. The molecular weight excluding hydrogens is 434 g/mol. The third-order valence-corrected chi connectivity index (χ3v) is 6.75. The predicted molar refractivity (Wildman–Crippen MR) is 119 cm³/mol. The Morgan fingerprint density at radius 2 is 1.61 bits per heavy atom. The first-order chi connectivity index (χ1) is 14.8. The van der Waals surface area contributed by atoms with E-state index in [0.29, 0.717) is 10.6 Å². The monoisotopic (exact) mass is 453 g/mol. The quantitative estimate of drug-likeness (QED) is 0.440. The molecule has 31 heavy (non-hydrogen) atoms. The SMILES string of the molecule is Cc1ccc(S(=O)(=O)NC(c2nnc(-c3ccccc3)o2)c2ccccc2Cl)cc1C. The predicted octanol–water partition coefficient (Wildman–Crippen LogP) is 5.07. The number of halogens is 1. The number of nitrogens with one attached hydrogen (secondary N) is 1. The number of sulfonamides is 1. The lowest BCUT2D eigenvalue weighted by molar-refractivity contribution is 0.464. The molecule has 0 spiro atoms. The average Bonchev–Trinajstić information content (AvgIpc) is 3.25. The third-order valence-electron chi connectivity index (χ3n) is 4.99. The normalized spacial score (nSPS) is 12.6. The van der Waals surface area contributed by atoms with E-state index in [-0.39, 0.29) is 16.7 Å². The van der Waals surface area contributed by atoms with Gasteiger partial charge in [-0.15, -0.1) is 10.2 Å². The standard InChI is InChI=1S/C23H20ClN3O3S/c1-15-12-13-18(14-16(15)2)31(28,29)27-21(19-10-6-7-11-20(19)24)23-26-25-22(30-23)17-8-4-3-5-9-17/h3-14,21,27H,1-2H3. The van der Waals surface area contributed by atoms with Crippen molar-refractivity contribution in [1.82, 2.24) is 14.9 Å². The van der Waals surface area contributed by atoms with Gasteiger partial charge in [0.05, 0.1) is 4.90 Å². The molecule has 0 aliphatic carbocycles. The molecule has 1 aromatic heterocycles. The number of rotatable bonds is 6. The van der Waals surface area contributed by atoms with Crippen LogP contribution in [0.3, 0.4) is 0 Å². The molecule has 158 valence electrons. The Kier molecular flexibility index (Phi) is 5.91. The van der Waals surface area contributed by atoms with E-state index < -0.39 is 16.1 Å². The Morgan fingerprint density at radius 1 is 0.903 bits per heavy atom. The topological polar surface area (TPSA) is 85.1 Å². The first-order valence-electron chi connectivity index (χ1n) is 9.58. The van der Waals surface area contributed by atoms with Crippen LogP contribution in [0.5, 0.6) is 0 Å². The van der Waals surface area contributed by atoms with Crippen molar-refractivity contribution in [2.75, 3.05) is 0 Å². The second-order valence-electron chi connectivity index (χ2n) is 7.13. The summed E-state index contributed by atoms with van der Waals surface area (Å²) < 4.78 is 34.9. The van der Waals surface area contributed by atoms with Gasteiger partial charge in [0, 0.05) is 10.6 Å². The summed E-state index contributed by atoms with van der Waals surface area (Å²) in [6, 6.07) is 20.2. The van der Waals surface area contributed by atoms with E-state index in [1.54, 1.807) is 42.5 Å². The van der Waals surface area contributed by atoms with Crippen molar-refractivity contribution in [2.45, 2.75) is 24.8 Å². The summed E-state index contributed by atoms with van der Waals surface area (Å²) in [4.78, 5) is 0.149. The Hall–Kier alpha value is -3.00. The van der Waals surface area contributed by atoms with Gasteiger partial charge < -0.3 is 4.42 Å². The van der Waals surface area contributed by atoms with E-state index in [9.17, 15) is 8.42 Å². The third kappa shape index (κ3) is 4.54. The molecule has 0 aliphatic rings. The number of hydrogen-bond donors (Lipinski definition) is 1.